The summed E-state index contributed by atoms with van der Waals surface area (Å²) in [4.78, 5) is 40.1. The van der Waals surface area contributed by atoms with E-state index in [-0.39, 0.29) is 28.6 Å². The number of nitrogens with zero attached hydrogens (tertiary/aromatic N) is 2. The average Bonchev–Trinajstić information content (AvgIpc) is 3.42. The second kappa shape index (κ2) is 9.96. The molecule has 0 bridgehead atoms. The maximum Gasteiger partial charge on any atom is 0.270 e. The minimum absolute atomic E-state index is 0.00225. The van der Waals surface area contributed by atoms with Gasteiger partial charge in [-0.05, 0) is 62.1 Å². The number of hydrogen-bond acceptors (Lipinski definition) is 8. The van der Waals surface area contributed by atoms with Gasteiger partial charge in [0, 0.05) is 12.1 Å². The molecule has 0 fully saturated rings. The largest absolute Gasteiger partial charge is 0.497 e. The van der Waals surface area contributed by atoms with Crippen molar-refractivity contribution in [2.24, 2.45) is 5.73 Å². The fraction of sp³-hybridized carbons (Fsp3) is 0.304. The Bertz CT molecular complexity index is 1170. The van der Waals surface area contributed by atoms with Crippen molar-refractivity contribution in [1.29, 1.82) is 0 Å². The molecule has 10 nitrogen and oxygen atoms in total. The molecular formula is C23H27N5O5S. The van der Waals surface area contributed by atoms with Crippen molar-refractivity contribution in [3.63, 3.8) is 0 Å². The molecule has 0 aliphatic heterocycles. The number of hydrogen-bond donors (Lipinski definition) is 3. The van der Waals surface area contributed by atoms with E-state index in [1.165, 1.54) is 11.2 Å². The van der Waals surface area contributed by atoms with E-state index in [0.29, 0.717) is 5.75 Å². The lowest BCUT2D eigenvalue weighted by Crippen LogP contribution is -2.49. The number of ether oxygens (including phenoxy) is 1. The van der Waals surface area contributed by atoms with Gasteiger partial charge in [0.15, 0.2) is 11.7 Å². The third kappa shape index (κ3) is 5.54. The molecule has 1 atom stereocenters. The number of rotatable bonds is 8. The van der Waals surface area contributed by atoms with E-state index in [9.17, 15) is 14.4 Å². The Balaban J connectivity index is 2.10. The SMILES string of the molecule is COc1ccc(CN(C(=O)c2snc(C(N)=O)c2N)[C@@H](C(=O)NC(C)(C)C)c2ccco2)cc1. The van der Waals surface area contributed by atoms with Crippen molar-refractivity contribution >= 4 is 34.9 Å². The number of carbonyl (C=O) groups excluding carboxylic acids is 3. The zero-order valence-electron chi connectivity index (χ0n) is 19.3. The van der Waals surface area contributed by atoms with Gasteiger partial charge >= 0.3 is 0 Å². The standard InChI is InChI=1S/C23H27N5O5S/c1-23(2,3)26-21(30)18(15-6-5-11-33-15)28(12-13-7-9-14(32-4)10-8-13)22(31)19-16(24)17(20(25)29)27-34-19/h5-11,18H,12,24H2,1-4H3,(H2,25,29)(H,26,30)/t18-/m1/s1. The molecule has 0 unspecified atom stereocenters. The van der Waals surface area contributed by atoms with Crippen molar-refractivity contribution in [1.82, 2.24) is 14.6 Å². The Morgan fingerprint density at radius 2 is 1.88 bits per heavy atom. The topological polar surface area (TPSA) is 154 Å². The number of nitrogens with one attached hydrogen (secondary N) is 1. The molecule has 0 spiro atoms. The highest BCUT2D eigenvalue weighted by molar-refractivity contribution is 7.09. The predicted octanol–water partition coefficient (Wildman–Crippen LogP) is 2.72. The third-order valence-electron chi connectivity index (χ3n) is 4.80. The summed E-state index contributed by atoms with van der Waals surface area (Å²) in [6.07, 6.45) is 1.43. The van der Waals surface area contributed by atoms with E-state index in [0.717, 1.165) is 17.1 Å². The van der Waals surface area contributed by atoms with E-state index in [1.54, 1.807) is 43.5 Å². The van der Waals surface area contributed by atoms with Gasteiger partial charge < -0.3 is 30.8 Å². The highest BCUT2D eigenvalue weighted by atomic mass is 32.1. The lowest BCUT2D eigenvalue weighted by molar-refractivity contribution is -0.128. The molecule has 2 heterocycles. The maximum absolute atomic E-state index is 13.8. The Kier molecular flexibility index (Phi) is 7.26. The van der Waals surface area contributed by atoms with E-state index < -0.39 is 29.3 Å². The van der Waals surface area contributed by atoms with Gasteiger partial charge in [-0.1, -0.05) is 12.1 Å². The highest BCUT2D eigenvalue weighted by Gasteiger charge is 2.37. The zero-order valence-corrected chi connectivity index (χ0v) is 20.1. The van der Waals surface area contributed by atoms with E-state index in [1.807, 2.05) is 20.8 Å². The number of anilines is 1. The quantitative estimate of drug-likeness (QED) is 0.443. The van der Waals surface area contributed by atoms with Gasteiger partial charge in [0.05, 0.1) is 19.1 Å². The molecule has 3 aromatic rings. The number of methoxy groups -OCH3 is 1. The molecule has 1 aromatic carbocycles. The van der Waals surface area contributed by atoms with Gasteiger partial charge in [0.25, 0.3) is 17.7 Å². The normalized spacial score (nSPS) is 12.1. The van der Waals surface area contributed by atoms with Crippen LogP contribution in [-0.4, -0.2) is 39.6 Å². The van der Waals surface area contributed by atoms with Gasteiger partial charge in [0.2, 0.25) is 0 Å². The fourth-order valence-corrected chi connectivity index (χ4v) is 4.04. The van der Waals surface area contributed by atoms with Crippen molar-refractivity contribution < 1.29 is 23.5 Å². The Morgan fingerprint density at radius 1 is 1.21 bits per heavy atom. The van der Waals surface area contributed by atoms with Crippen molar-refractivity contribution in [3.05, 3.63) is 64.6 Å². The lowest BCUT2D eigenvalue weighted by Gasteiger charge is -2.32. The summed E-state index contributed by atoms with van der Waals surface area (Å²) in [6.45, 7) is 5.54. The van der Waals surface area contributed by atoms with Crippen LogP contribution < -0.4 is 21.5 Å². The number of carbonyl (C=O) groups is 3. The van der Waals surface area contributed by atoms with Crippen LogP contribution in [-0.2, 0) is 11.3 Å². The van der Waals surface area contributed by atoms with Crippen LogP contribution in [0.2, 0.25) is 0 Å². The summed E-state index contributed by atoms with van der Waals surface area (Å²) in [5, 5.41) is 2.91. The monoisotopic (exact) mass is 485 g/mol. The number of nitrogen functional groups attached to an aromatic ring is 1. The second-order valence-corrected chi connectivity index (χ2v) is 9.35. The van der Waals surface area contributed by atoms with E-state index in [4.69, 9.17) is 20.6 Å². The number of furan rings is 1. The van der Waals surface area contributed by atoms with E-state index in [2.05, 4.69) is 9.69 Å². The number of nitrogens with two attached hydrogens (primary N) is 2. The second-order valence-electron chi connectivity index (χ2n) is 8.58. The number of aromatic nitrogens is 1. The van der Waals surface area contributed by atoms with Gasteiger partial charge in [-0.25, -0.2) is 0 Å². The molecule has 3 rings (SSSR count). The number of amides is 3. The molecule has 3 amide bonds. The predicted molar refractivity (Wildman–Crippen MR) is 127 cm³/mol. The van der Waals surface area contributed by atoms with Gasteiger partial charge in [-0.15, -0.1) is 0 Å². The van der Waals surface area contributed by atoms with Crippen molar-refractivity contribution in [3.8, 4) is 5.75 Å². The lowest BCUT2D eigenvalue weighted by atomic mass is 10.0. The Labute approximate surface area is 201 Å². The molecule has 2 aromatic heterocycles. The van der Waals surface area contributed by atoms with Crippen molar-refractivity contribution in [2.75, 3.05) is 12.8 Å². The molecule has 0 radical (unpaired) electrons. The number of primary amides is 1. The molecule has 180 valence electrons. The van der Waals surface area contributed by atoms with Crippen LogP contribution in [0.5, 0.6) is 5.75 Å². The van der Waals surface area contributed by atoms with Crippen LogP contribution in [0.3, 0.4) is 0 Å². The van der Waals surface area contributed by atoms with Crippen LogP contribution in [0, 0.1) is 0 Å². The smallest absolute Gasteiger partial charge is 0.270 e. The third-order valence-corrected chi connectivity index (χ3v) is 5.65. The van der Waals surface area contributed by atoms with Crippen LogP contribution in [0.15, 0.2) is 47.1 Å². The maximum atomic E-state index is 13.8. The van der Waals surface area contributed by atoms with Gasteiger partial charge in [0.1, 0.15) is 16.4 Å². The first-order valence-electron chi connectivity index (χ1n) is 10.4. The number of benzene rings is 1. The molecule has 0 saturated heterocycles. The fourth-order valence-electron chi connectivity index (χ4n) is 3.28. The Morgan fingerprint density at radius 3 is 2.38 bits per heavy atom. The summed E-state index contributed by atoms with van der Waals surface area (Å²) >= 11 is 0.748. The summed E-state index contributed by atoms with van der Waals surface area (Å²) in [5.74, 6) is -0.969. The molecule has 11 heteroatoms. The first-order chi connectivity index (χ1) is 16.0. The summed E-state index contributed by atoms with van der Waals surface area (Å²) < 4.78 is 14.7. The van der Waals surface area contributed by atoms with Crippen LogP contribution in [0.25, 0.3) is 0 Å². The van der Waals surface area contributed by atoms with Crippen LogP contribution in [0.1, 0.15) is 58.3 Å². The van der Waals surface area contributed by atoms with Crippen LogP contribution >= 0.6 is 11.5 Å². The molecular weight excluding hydrogens is 458 g/mol. The van der Waals surface area contributed by atoms with Crippen molar-refractivity contribution in [2.45, 2.75) is 38.9 Å². The molecule has 0 saturated carbocycles. The first kappa shape index (κ1) is 24.8. The molecule has 5 N–H and O–H groups in total. The van der Waals surface area contributed by atoms with Crippen LogP contribution in [0.4, 0.5) is 5.69 Å². The zero-order chi connectivity index (χ0) is 25.0. The minimum Gasteiger partial charge on any atom is -0.497 e. The first-order valence-corrected chi connectivity index (χ1v) is 11.1. The summed E-state index contributed by atoms with van der Waals surface area (Å²) in [5.41, 5.74) is 11.2. The molecule has 34 heavy (non-hydrogen) atoms. The Hall–Kier alpha value is -3.86. The molecule has 0 aliphatic rings. The molecule has 0 aliphatic carbocycles. The summed E-state index contributed by atoms with van der Waals surface area (Å²) in [6, 6.07) is 9.20. The minimum atomic E-state index is -1.12. The summed E-state index contributed by atoms with van der Waals surface area (Å²) in [7, 11) is 1.55. The van der Waals surface area contributed by atoms with Gasteiger partial charge in [-0.2, -0.15) is 4.37 Å². The highest BCUT2D eigenvalue weighted by Crippen LogP contribution is 2.31. The van der Waals surface area contributed by atoms with E-state index >= 15 is 0 Å². The average molecular weight is 486 g/mol. The van der Waals surface area contributed by atoms with Gasteiger partial charge in [-0.3, -0.25) is 14.4 Å².